The van der Waals surface area contributed by atoms with Gasteiger partial charge in [0.05, 0.1) is 12.7 Å². The fourth-order valence-electron chi connectivity index (χ4n) is 1.19. The van der Waals surface area contributed by atoms with Gasteiger partial charge < -0.3 is 4.74 Å². The van der Waals surface area contributed by atoms with Crippen molar-refractivity contribution in [2.45, 2.75) is 6.42 Å². The Morgan fingerprint density at radius 3 is 2.88 bits per heavy atom. The first-order chi connectivity index (χ1) is 7.69. The molecule has 0 aliphatic carbocycles. The predicted molar refractivity (Wildman–Crippen MR) is 73.0 cm³/mol. The molecule has 16 heavy (non-hydrogen) atoms. The van der Waals surface area contributed by atoms with Crippen molar-refractivity contribution in [2.75, 3.05) is 12.9 Å². The van der Waals surface area contributed by atoms with Gasteiger partial charge in [-0.1, -0.05) is 34.1 Å². The van der Waals surface area contributed by atoms with Crippen LogP contribution in [0.15, 0.2) is 28.7 Å². The lowest BCUT2D eigenvalue weighted by Gasteiger charge is -2.02. The van der Waals surface area contributed by atoms with Crippen molar-refractivity contribution < 1.29 is 9.53 Å². The molecule has 0 saturated heterocycles. The molecular formula is C12H13BrO2S. The first-order valence-corrected chi connectivity index (χ1v) is 6.27. The Labute approximate surface area is 109 Å². The van der Waals surface area contributed by atoms with E-state index in [4.69, 9.17) is 0 Å². The molecule has 0 aliphatic heterocycles. The van der Waals surface area contributed by atoms with Gasteiger partial charge in [-0.25, -0.2) is 4.79 Å². The molecule has 0 spiro atoms. The number of allylic oxidation sites excluding steroid dienone is 1. The molecule has 1 aromatic rings. The molecule has 0 fully saturated rings. The number of esters is 1. The zero-order valence-corrected chi connectivity index (χ0v) is 11.4. The summed E-state index contributed by atoms with van der Waals surface area (Å²) in [6, 6.07) is 5.38. The molecule has 4 heteroatoms. The minimum Gasteiger partial charge on any atom is -0.465 e. The van der Waals surface area contributed by atoms with E-state index in [1.54, 1.807) is 12.1 Å². The summed E-state index contributed by atoms with van der Waals surface area (Å²) in [5.41, 5.74) is 1.58. The number of benzene rings is 1. The van der Waals surface area contributed by atoms with E-state index in [0.29, 0.717) is 5.56 Å². The van der Waals surface area contributed by atoms with E-state index < -0.39 is 0 Å². The molecule has 0 unspecified atom stereocenters. The van der Waals surface area contributed by atoms with E-state index in [0.717, 1.165) is 22.2 Å². The molecule has 0 heterocycles. The summed E-state index contributed by atoms with van der Waals surface area (Å²) in [6.45, 7) is 0. The molecule has 0 aliphatic rings. The maximum absolute atomic E-state index is 11.3. The number of ether oxygens (including phenoxy) is 1. The first-order valence-electron chi connectivity index (χ1n) is 4.84. The van der Waals surface area contributed by atoms with Gasteiger partial charge in [0, 0.05) is 4.47 Å². The predicted octanol–water partition coefficient (Wildman–Crippen LogP) is 3.57. The Kier molecular flexibility index (Phi) is 5.63. The largest absolute Gasteiger partial charge is 0.465 e. The van der Waals surface area contributed by atoms with Gasteiger partial charge >= 0.3 is 5.97 Å². The molecule has 86 valence electrons. The Morgan fingerprint density at radius 2 is 2.31 bits per heavy atom. The topological polar surface area (TPSA) is 26.3 Å². The number of carbonyl (C=O) groups is 1. The van der Waals surface area contributed by atoms with Crippen LogP contribution in [-0.2, 0) is 4.74 Å². The normalized spacial score (nSPS) is 10.7. The average Bonchev–Trinajstić information content (AvgIpc) is 2.30. The van der Waals surface area contributed by atoms with E-state index in [1.807, 2.05) is 18.2 Å². The molecule has 0 saturated carbocycles. The molecule has 0 aromatic heterocycles. The summed E-state index contributed by atoms with van der Waals surface area (Å²) < 4.78 is 5.52. The SMILES string of the molecule is COC(=O)c1ccc(C=CCCS)c(Br)c1. The van der Waals surface area contributed by atoms with Crippen molar-refractivity contribution in [3.05, 3.63) is 39.9 Å². The summed E-state index contributed by atoms with van der Waals surface area (Å²) >= 11 is 7.54. The lowest BCUT2D eigenvalue weighted by Crippen LogP contribution is -2.00. The fourth-order valence-corrected chi connectivity index (χ4v) is 1.85. The number of halogens is 1. The highest BCUT2D eigenvalue weighted by molar-refractivity contribution is 9.10. The van der Waals surface area contributed by atoms with Gasteiger partial charge in [-0.2, -0.15) is 12.6 Å². The Morgan fingerprint density at radius 1 is 1.56 bits per heavy atom. The number of hydrogen-bond donors (Lipinski definition) is 1. The molecular weight excluding hydrogens is 288 g/mol. The summed E-state index contributed by atoms with van der Waals surface area (Å²) in [5, 5.41) is 0. The quantitative estimate of drug-likeness (QED) is 0.680. The minimum atomic E-state index is -0.327. The summed E-state index contributed by atoms with van der Waals surface area (Å²) in [4.78, 5) is 11.3. The van der Waals surface area contributed by atoms with Crippen LogP contribution in [-0.4, -0.2) is 18.8 Å². The zero-order valence-electron chi connectivity index (χ0n) is 8.94. The fraction of sp³-hybridized carbons (Fsp3) is 0.250. The van der Waals surface area contributed by atoms with Gasteiger partial charge in [0.2, 0.25) is 0 Å². The molecule has 0 atom stereocenters. The summed E-state index contributed by atoms with van der Waals surface area (Å²) in [7, 11) is 1.37. The van der Waals surface area contributed by atoms with Crippen LogP contribution in [0.2, 0.25) is 0 Å². The van der Waals surface area contributed by atoms with Crippen molar-refractivity contribution in [1.29, 1.82) is 0 Å². The zero-order chi connectivity index (χ0) is 12.0. The average molecular weight is 301 g/mol. The second-order valence-corrected chi connectivity index (χ2v) is 4.44. The van der Waals surface area contributed by atoms with Crippen LogP contribution in [0.4, 0.5) is 0 Å². The van der Waals surface area contributed by atoms with Crippen molar-refractivity contribution in [3.8, 4) is 0 Å². The Hall–Kier alpha value is -0.740. The van der Waals surface area contributed by atoms with E-state index >= 15 is 0 Å². The monoisotopic (exact) mass is 300 g/mol. The second-order valence-electron chi connectivity index (χ2n) is 3.14. The van der Waals surface area contributed by atoms with Crippen LogP contribution >= 0.6 is 28.6 Å². The van der Waals surface area contributed by atoms with Gasteiger partial charge in [-0.3, -0.25) is 0 Å². The smallest absolute Gasteiger partial charge is 0.337 e. The van der Waals surface area contributed by atoms with E-state index in [2.05, 4.69) is 33.3 Å². The number of hydrogen-bond acceptors (Lipinski definition) is 3. The molecule has 0 N–H and O–H groups in total. The third-order valence-electron chi connectivity index (χ3n) is 2.01. The van der Waals surface area contributed by atoms with Gasteiger partial charge in [0.1, 0.15) is 0 Å². The van der Waals surface area contributed by atoms with Gasteiger partial charge in [-0.05, 0) is 29.9 Å². The summed E-state index contributed by atoms with van der Waals surface area (Å²) in [5.74, 6) is 0.501. The second kappa shape index (κ2) is 6.76. The molecule has 2 nitrogen and oxygen atoms in total. The van der Waals surface area contributed by atoms with E-state index in [-0.39, 0.29) is 5.97 Å². The highest BCUT2D eigenvalue weighted by Crippen LogP contribution is 2.20. The highest BCUT2D eigenvalue weighted by Gasteiger charge is 2.06. The van der Waals surface area contributed by atoms with Crippen molar-refractivity contribution in [3.63, 3.8) is 0 Å². The van der Waals surface area contributed by atoms with Crippen LogP contribution in [0.1, 0.15) is 22.3 Å². The number of methoxy groups -OCH3 is 1. The van der Waals surface area contributed by atoms with Gasteiger partial charge in [0.25, 0.3) is 0 Å². The Bertz CT molecular complexity index is 402. The van der Waals surface area contributed by atoms with Crippen LogP contribution in [0, 0.1) is 0 Å². The van der Waals surface area contributed by atoms with Crippen molar-refractivity contribution in [2.24, 2.45) is 0 Å². The molecule has 1 aromatic carbocycles. The first kappa shape index (κ1) is 13.3. The molecule has 0 bridgehead atoms. The van der Waals surface area contributed by atoms with Crippen molar-refractivity contribution >= 4 is 40.6 Å². The molecule has 1 rings (SSSR count). The minimum absolute atomic E-state index is 0.327. The third kappa shape index (κ3) is 3.68. The lowest BCUT2D eigenvalue weighted by atomic mass is 10.1. The standard InChI is InChI=1S/C12H13BrO2S/c1-15-12(14)10-6-5-9(11(13)8-10)4-2-3-7-16/h2,4-6,8,16H,3,7H2,1H3. The van der Waals surface area contributed by atoms with E-state index in [1.165, 1.54) is 7.11 Å². The number of carbonyl (C=O) groups excluding carboxylic acids is 1. The highest BCUT2D eigenvalue weighted by atomic mass is 79.9. The van der Waals surface area contributed by atoms with Gasteiger partial charge in [-0.15, -0.1) is 0 Å². The number of thiol groups is 1. The third-order valence-corrected chi connectivity index (χ3v) is 2.96. The van der Waals surface area contributed by atoms with Crippen LogP contribution in [0.3, 0.4) is 0 Å². The summed E-state index contributed by atoms with van der Waals surface area (Å²) in [6.07, 6.45) is 4.97. The van der Waals surface area contributed by atoms with Crippen LogP contribution in [0.5, 0.6) is 0 Å². The van der Waals surface area contributed by atoms with Crippen molar-refractivity contribution in [1.82, 2.24) is 0 Å². The van der Waals surface area contributed by atoms with Crippen LogP contribution in [0.25, 0.3) is 6.08 Å². The Balaban J connectivity index is 2.87. The number of rotatable bonds is 4. The maximum Gasteiger partial charge on any atom is 0.337 e. The lowest BCUT2D eigenvalue weighted by molar-refractivity contribution is 0.0600. The van der Waals surface area contributed by atoms with Gasteiger partial charge in [0.15, 0.2) is 0 Å². The maximum atomic E-state index is 11.3. The van der Waals surface area contributed by atoms with E-state index in [9.17, 15) is 4.79 Å². The molecule has 0 amide bonds. The molecule has 0 radical (unpaired) electrons. The van der Waals surface area contributed by atoms with Crippen LogP contribution < -0.4 is 0 Å².